The van der Waals surface area contributed by atoms with Crippen LogP contribution in [0.1, 0.15) is 0 Å². The van der Waals surface area contributed by atoms with Crippen molar-refractivity contribution in [2.75, 3.05) is 42.1 Å². The van der Waals surface area contributed by atoms with E-state index in [0.29, 0.717) is 5.82 Å². The molecule has 0 aliphatic carbocycles. The molecule has 3 rings (SSSR count). The van der Waals surface area contributed by atoms with Crippen molar-refractivity contribution in [1.29, 1.82) is 0 Å². The summed E-state index contributed by atoms with van der Waals surface area (Å²) in [5.41, 5.74) is 6.53. The van der Waals surface area contributed by atoms with Crippen molar-refractivity contribution >= 4 is 23.3 Å². The van der Waals surface area contributed by atoms with Crippen LogP contribution < -0.4 is 21.3 Å². The predicted octanol–water partition coefficient (Wildman–Crippen LogP) is 1.35. The maximum absolute atomic E-state index is 12.9. The number of nitrogens with one attached hydrogen (secondary N) is 2. The highest BCUT2D eigenvalue weighted by Gasteiger charge is 2.13. The van der Waals surface area contributed by atoms with Gasteiger partial charge in [-0.05, 0) is 24.3 Å². The van der Waals surface area contributed by atoms with E-state index in [4.69, 9.17) is 5.73 Å². The largest absolute Gasteiger partial charge is 0.368 e. The number of rotatable bonds is 3. The first-order valence-electron chi connectivity index (χ1n) is 6.83. The molecule has 2 aromatic rings. The molecule has 21 heavy (non-hydrogen) atoms. The lowest BCUT2D eigenvalue weighted by Crippen LogP contribution is -2.44. The molecular weight excluding hydrogens is 271 g/mol. The summed E-state index contributed by atoms with van der Waals surface area (Å²) in [5, 5.41) is 6.40. The number of hydrogen-bond acceptors (Lipinski definition) is 6. The molecule has 0 radical (unpaired) electrons. The van der Waals surface area contributed by atoms with Gasteiger partial charge in [-0.2, -0.15) is 9.97 Å². The monoisotopic (exact) mass is 288 g/mol. The van der Waals surface area contributed by atoms with Crippen molar-refractivity contribution in [2.45, 2.75) is 0 Å². The molecule has 1 fully saturated rings. The van der Waals surface area contributed by atoms with Gasteiger partial charge in [0.05, 0.1) is 0 Å². The van der Waals surface area contributed by atoms with Gasteiger partial charge in [-0.15, -0.1) is 0 Å². The average Bonchev–Trinajstić information content (AvgIpc) is 2.50. The van der Waals surface area contributed by atoms with Gasteiger partial charge in [0.15, 0.2) is 0 Å². The van der Waals surface area contributed by atoms with Gasteiger partial charge in [0, 0.05) is 37.9 Å². The lowest BCUT2D eigenvalue weighted by atomic mass is 10.3. The Kier molecular flexibility index (Phi) is 3.83. The molecule has 0 amide bonds. The average molecular weight is 288 g/mol. The molecule has 4 N–H and O–H groups in total. The number of nitrogen functional groups attached to an aromatic ring is 1. The number of nitrogens with two attached hydrogens (primary N) is 1. The summed E-state index contributed by atoms with van der Waals surface area (Å²) >= 11 is 0. The van der Waals surface area contributed by atoms with Gasteiger partial charge in [0.25, 0.3) is 0 Å². The molecule has 1 saturated heterocycles. The van der Waals surface area contributed by atoms with E-state index in [0.717, 1.165) is 37.7 Å². The molecule has 0 spiro atoms. The zero-order valence-corrected chi connectivity index (χ0v) is 11.5. The van der Waals surface area contributed by atoms with E-state index in [1.54, 1.807) is 12.1 Å². The zero-order valence-electron chi connectivity index (χ0n) is 11.5. The normalized spacial score (nSPS) is 15.0. The third-order valence-electron chi connectivity index (χ3n) is 3.29. The number of aromatic nitrogens is 2. The lowest BCUT2D eigenvalue weighted by molar-refractivity contribution is 0.585. The number of nitrogens with zero attached hydrogens (tertiary/aromatic N) is 3. The molecule has 0 unspecified atom stereocenters. The van der Waals surface area contributed by atoms with Crippen LogP contribution in [0.15, 0.2) is 30.3 Å². The third-order valence-corrected chi connectivity index (χ3v) is 3.29. The van der Waals surface area contributed by atoms with Crippen LogP contribution in [0, 0.1) is 5.82 Å². The van der Waals surface area contributed by atoms with Crippen LogP contribution in [0.3, 0.4) is 0 Å². The van der Waals surface area contributed by atoms with Gasteiger partial charge in [-0.3, -0.25) is 0 Å². The number of benzene rings is 1. The van der Waals surface area contributed by atoms with E-state index in [1.807, 2.05) is 6.07 Å². The number of anilines is 4. The smallest absolute Gasteiger partial charge is 0.223 e. The number of piperazine rings is 1. The van der Waals surface area contributed by atoms with Crippen LogP contribution in [0.2, 0.25) is 0 Å². The summed E-state index contributed by atoms with van der Waals surface area (Å²) in [6, 6.07) is 7.94. The Morgan fingerprint density at radius 2 is 1.86 bits per heavy atom. The van der Waals surface area contributed by atoms with Crippen molar-refractivity contribution in [3.8, 4) is 0 Å². The molecule has 1 aliphatic rings. The molecule has 0 saturated carbocycles. The Balaban J connectivity index is 1.81. The van der Waals surface area contributed by atoms with Crippen LogP contribution >= 0.6 is 0 Å². The van der Waals surface area contributed by atoms with Gasteiger partial charge in [0.2, 0.25) is 5.95 Å². The lowest BCUT2D eigenvalue weighted by Gasteiger charge is -2.28. The van der Waals surface area contributed by atoms with Crippen molar-refractivity contribution in [1.82, 2.24) is 15.3 Å². The minimum Gasteiger partial charge on any atom is -0.368 e. The van der Waals surface area contributed by atoms with E-state index in [-0.39, 0.29) is 11.8 Å². The van der Waals surface area contributed by atoms with Crippen LogP contribution in [0.4, 0.5) is 27.7 Å². The van der Waals surface area contributed by atoms with Crippen LogP contribution in [0.25, 0.3) is 0 Å². The fraction of sp³-hybridized carbons (Fsp3) is 0.286. The van der Waals surface area contributed by atoms with Gasteiger partial charge < -0.3 is 21.3 Å². The second-order valence-electron chi connectivity index (χ2n) is 4.84. The van der Waals surface area contributed by atoms with E-state index in [9.17, 15) is 4.39 Å². The summed E-state index contributed by atoms with van der Waals surface area (Å²) < 4.78 is 12.9. The Hall–Kier alpha value is -2.41. The predicted molar refractivity (Wildman–Crippen MR) is 81.2 cm³/mol. The van der Waals surface area contributed by atoms with Crippen LogP contribution in [-0.2, 0) is 0 Å². The van der Waals surface area contributed by atoms with E-state index < -0.39 is 0 Å². The summed E-state index contributed by atoms with van der Waals surface area (Å²) in [6.45, 7) is 3.61. The zero-order chi connectivity index (χ0) is 14.7. The highest BCUT2D eigenvalue weighted by molar-refractivity contribution is 5.61. The molecule has 0 bridgehead atoms. The van der Waals surface area contributed by atoms with Crippen LogP contribution in [0.5, 0.6) is 0 Å². The Morgan fingerprint density at radius 1 is 1.14 bits per heavy atom. The molecule has 6 nitrogen and oxygen atoms in total. The minimum absolute atomic E-state index is 0.218. The maximum Gasteiger partial charge on any atom is 0.223 e. The highest BCUT2D eigenvalue weighted by atomic mass is 19.1. The van der Waals surface area contributed by atoms with Gasteiger partial charge in [-0.25, -0.2) is 4.39 Å². The van der Waals surface area contributed by atoms with Gasteiger partial charge in [0.1, 0.15) is 17.5 Å². The topological polar surface area (TPSA) is 79.1 Å². The molecule has 2 heterocycles. The highest BCUT2D eigenvalue weighted by Crippen LogP contribution is 2.21. The third kappa shape index (κ3) is 3.38. The van der Waals surface area contributed by atoms with Crippen LogP contribution in [-0.4, -0.2) is 36.1 Å². The molecule has 1 aliphatic heterocycles. The molecule has 0 atom stereocenters. The van der Waals surface area contributed by atoms with Crippen molar-refractivity contribution < 1.29 is 4.39 Å². The summed E-state index contributed by atoms with van der Waals surface area (Å²) in [6.07, 6.45) is 0. The summed E-state index contributed by atoms with van der Waals surface area (Å²) in [7, 11) is 0. The molecular formula is C14H17FN6. The maximum atomic E-state index is 12.9. The van der Waals surface area contributed by atoms with Gasteiger partial charge >= 0.3 is 0 Å². The minimum atomic E-state index is -0.274. The Labute approximate surface area is 122 Å². The van der Waals surface area contributed by atoms with E-state index in [1.165, 1.54) is 12.1 Å². The number of hydrogen-bond donors (Lipinski definition) is 3. The molecule has 110 valence electrons. The SMILES string of the molecule is Nc1nc(Nc2ccc(F)cc2)cc(N2CCNCC2)n1. The summed E-state index contributed by atoms with van der Waals surface area (Å²) in [4.78, 5) is 10.6. The van der Waals surface area contributed by atoms with E-state index >= 15 is 0 Å². The molecule has 1 aromatic heterocycles. The first-order valence-corrected chi connectivity index (χ1v) is 6.83. The second-order valence-corrected chi connectivity index (χ2v) is 4.84. The summed E-state index contributed by atoms with van der Waals surface area (Å²) in [5.74, 6) is 1.34. The second kappa shape index (κ2) is 5.92. The first-order chi connectivity index (χ1) is 10.2. The fourth-order valence-corrected chi connectivity index (χ4v) is 2.25. The molecule has 1 aromatic carbocycles. The van der Waals surface area contributed by atoms with Crippen molar-refractivity contribution in [3.05, 3.63) is 36.1 Å². The Morgan fingerprint density at radius 3 is 2.57 bits per heavy atom. The fourth-order valence-electron chi connectivity index (χ4n) is 2.25. The van der Waals surface area contributed by atoms with Crippen molar-refractivity contribution in [2.24, 2.45) is 0 Å². The quantitative estimate of drug-likeness (QED) is 0.791. The van der Waals surface area contributed by atoms with E-state index in [2.05, 4.69) is 25.5 Å². The number of halogens is 1. The van der Waals surface area contributed by atoms with Gasteiger partial charge in [-0.1, -0.05) is 0 Å². The van der Waals surface area contributed by atoms with Crippen molar-refractivity contribution in [3.63, 3.8) is 0 Å². The standard InChI is InChI=1S/C14H17FN6/c15-10-1-3-11(4-2-10)18-12-9-13(20-14(16)19-12)21-7-5-17-6-8-21/h1-4,9,17H,5-8H2,(H3,16,18,19,20). The first kappa shape index (κ1) is 13.6. The molecule has 7 heteroatoms. The Bertz CT molecular complexity index is 609.